The predicted molar refractivity (Wildman–Crippen MR) is 379 cm³/mol. The third kappa shape index (κ3) is 25.8. The summed E-state index contributed by atoms with van der Waals surface area (Å²) < 4.78 is 75.4. The van der Waals surface area contributed by atoms with E-state index in [2.05, 4.69) is 101 Å². The third-order valence-electron chi connectivity index (χ3n) is 16.0. The fourth-order valence-electron chi connectivity index (χ4n) is 10.8. The molecule has 12 heterocycles. The summed E-state index contributed by atoms with van der Waals surface area (Å²) in [6, 6.07) is 0. The zero-order chi connectivity index (χ0) is 73.2. The molecule has 28 nitrogen and oxygen atoms in total. The second kappa shape index (κ2) is 40.2. The van der Waals surface area contributed by atoms with Crippen molar-refractivity contribution in [3.8, 4) is 0 Å². The van der Waals surface area contributed by atoms with Gasteiger partial charge in [0.05, 0.1) is 100 Å². The maximum Gasteiger partial charge on any atom is 0.223 e. The summed E-state index contributed by atoms with van der Waals surface area (Å²) in [4.78, 5) is 107. The van der Waals surface area contributed by atoms with Crippen LogP contribution in [0.4, 0.5) is 38.1 Å². The van der Waals surface area contributed by atoms with Crippen LogP contribution in [0.5, 0.6) is 0 Å². The van der Waals surface area contributed by atoms with Crippen molar-refractivity contribution in [2.24, 2.45) is 0 Å². The minimum Gasteiger partial charge on any atom is -0.375 e. The molecule has 0 unspecified atom stereocenters. The topological polar surface area (TPSA) is 321 Å². The van der Waals surface area contributed by atoms with Gasteiger partial charge in [0.2, 0.25) is 23.6 Å². The quantitative estimate of drug-likeness (QED) is 0.0516. The summed E-state index contributed by atoms with van der Waals surface area (Å²) >= 11 is 5.88. The van der Waals surface area contributed by atoms with Crippen molar-refractivity contribution in [1.82, 2.24) is 79.4 Å². The van der Waals surface area contributed by atoms with E-state index in [1.807, 2.05) is 41.5 Å². The first-order valence-electron chi connectivity index (χ1n) is 33.2. The highest BCUT2D eigenvalue weighted by Gasteiger charge is 2.33. The normalized spacial score (nSPS) is 19.2. The Hall–Kier alpha value is -7.88. The Balaban J connectivity index is 0.000000171. The Bertz CT molecular complexity index is 3390. The Labute approximate surface area is 605 Å². The van der Waals surface area contributed by atoms with E-state index in [-0.39, 0.29) is 71.7 Å². The monoisotopic (exact) mass is 1490 g/mol. The first-order valence-corrected chi connectivity index (χ1v) is 36.5. The number of halogens is 4. The first-order chi connectivity index (χ1) is 49.0. The van der Waals surface area contributed by atoms with Crippen LogP contribution in [0.3, 0.4) is 0 Å². The van der Waals surface area contributed by atoms with E-state index in [9.17, 15) is 36.7 Å². The number of thiazole rings is 4. The van der Waals surface area contributed by atoms with E-state index in [4.69, 9.17) is 18.9 Å². The molecular weight excluding hydrogens is 1410 g/mol. The van der Waals surface area contributed by atoms with Crippen LogP contribution in [0.15, 0.2) is 74.4 Å². The van der Waals surface area contributed by atoms with E-state index in [1.165, 1.54) is 123 Å². The summed E-state index contributed by atoms with van der Waals surface area (Å²) in [5.74, 6) is -0.0498. The second-order valence-corrected chi connectivity index (χ2v) is 28.5. The van der Waals surface area contributed by atoms with Crippen LogP contribution in [0.25, 0.3) is 0 Å². The van der Waals surface area contributed by atoms with Gasteiger partial charge < -0.3 is 40.2 Å². The number of amides is 4. The van der Waals surface area contributed by atoms with Crippen molar-refractivity contribution >= 4 is 89.5 Å². The summed E-state index contributed by atoms with van der Waals surface area (Å²) in [6.45, 7) is 29.5. The Morgan fingerprint density at radius 1 is 0.363 bits per heavy atom. The van der Waals surface area contributed by atoms with Crippen LogP contribution >= 0.6 is 45.3 Å². The summed E-state index contributed by atoms with van der Waals surface area (Å²) in [5, 5.41) is 13.2. The van der Waals surface area contributed by atoms with Gasteiger partial charge in [0.1, 0.15) is 23.3 Å². The van der Waals surface area contributed by atoms with Gasteiger partial charge in [-0.1, -0.05) is 41.5 Å². The lowest BCUT2D eigenvalue weighted by Crippen LogP contribution is -2.44. The Morgan fingerprint density at radius 2 is 0.549 bits per heavy atom. The Kier molecular flexibility index (Phi) is 31.5. The number of aromatic nitrogens is 12. The number of rotatable bonds is 20. The molecule has 12 rings (SSSR count). The number of anilines is 4. The maximum absolute atomic E-state index is 13.0. The molecule has 0 aromatic carbocycles. The van der Waals surface area contributed by atoms with E-state index >= 15 is 0 Å². The standard InChI is InChI=1S/4C16H20FN5O2S.C2H6/c4*1-10(15-18-5-12(17)6-19-15)14-9-22(3-4-24-14)8-13-7-20-16(25-13)21-11(2)23;1-2/h4*5-7,10,14H,3-4,8-9H2,1-2H3,(H,20,21,23);1-2H3/t2*10-,14+;2*10-,14-;/m1010./s1. The van der Waals surface area contributed by atoms with Crippen LogP contribution in [0.1, 0.15) is 136 Å². The maximum atomic E-state index is 13.0. The molecule has 4 aliphatic heterocycles. The zero-order valence-corrected chi connectivity index (χ0v) is 61.7. The van der Waals surface area contributed by atoms with Crippen LogP contribution in [0.2, 0.25) is 0 Å². The number of carbonyl (C=O) groups is 4. The molecule has 550 valence electrons. The van der Waals surface area contributed by atoms with Gasteiger partial charge in [-0.3, -0.25) is 38.8 Å². The molecule has 4 amide bonds. The van der Waals surface area contributed by atoms with Gasteiger partial charge in [0, 0.05) is 174 Å². The number of nitrogens with one attached hydrogen (secondary N) is 4. The van der Waals surface area contributed by atoms with Crippen molar-refractivity contribution in [2.45, 2.75) is 144 Å². The molecule has 8 aromatic rings. The van der Waals surface area contributed by atoms with Crippen molar-refractivity contribution in [2.75, 3.05) is 100 Å². The van der Waals surface area contributed by atoms with Crippen LogP contribution in [-0.2, 0) is 64.3 Å². The van der Waals surface area contributed by atoms with Gasteiger partial charge in [-0.2, -0.15) is 0 Å². The lowest BCUT2D eigenvalue weighted by molar-refractivity contribution is -0.115. The van der Waals surface area contributed by atoms with Crippen LogP contribution < -0.4 is 21.3 Å². The van der Waals surface area contributed by atoms with E-state index < -0.39 is 23.3 Å². The number of ether oxygens (including phenoxy) is 4. The molecule has 36 heteroatoms. The predicted octanol–water partition coefficient (Wildman–Crippen LogP) is 9.17. The smallest absolute Gasteiger partial charge is 0.223 e. The van der Waals surface area contributed by atoms with Crippen molar-refractivity contribution in [1.29, 1.82) is 0 Å². The highest BCUT2D eigenvalue weighted by Crippen LogP contribution is 2.30. The van der Waals surface area contributed by atoms with Gasteiger partial charge in [0.25, 0.3) is 0 Å². The van der Waals surface area contributed by atoms with E-state index in [1.54, 1.807) is 24.8 Å². The molecule has 4 aliphatic rings. The van der Waals surface area contributed by atoms with Gasteiger partial charge in [-0.25, -0.2) is 77.4 Å². The largest absolute Gasteiger partial charge is 0.375 e. The molecule has 4 fully saturated rings. The molecule has 8 aromatic heterocycles. The highest BCUT2D eigenvalue weighted by molar-refractivity contribution is 7.16. The van der Waals surface area contributed by atoms with E-state index in [0.29, 0.717) is 70.3 Å². The summed E-state index contributed by atoms with van der Waals surface area (Å²) in [6.07, 6.45) is 16.4. The lowest BCUT2D eigenvalue weighted by Gasteiger charge is -2.35. The number of nitrogens with zero attached hydrogens (tertiary/aromatic N) is 16. The zero-order valence-electron chi connectivity index (χ0n) is 58.4. The molecule has 8 atom stereocenters. The van der Waals surface area contributed by atoms with Crippen molar-refractivity contribution < 1.29 is 55.7 Å². The lowest BCUT2D eigenvalue weighted by atomic mass is 10.0. The molecule has 0 radical (unpaired) electrons. The number of hydrogen-bond acceptors (Lipinski definition) is 28. The van der Waals surface area contributed by atoms with Gasteiger partial charge in [-0.05, 0) is 0 Å². The molecule has 0 spiro atoms. The molecule has 0 bridgehead atoms. The fourth-order valence-corrected chi connectivity index (χ4v) is 14.4. The van der Waals surface area contributed by atoms with E-state index in [0.717, 1.165) is 98.0 Å². The second-order valence-electron chi connectivity index (χ2n) is 24.0. The van der Waals surface area contributed by atoms with Crippen LogP contribution in [0, 0.1) is 23.3 Å². The van der Waals surface area contributed by atoms with Crippen molar-refractivity contribution in [3.63, 3.8) is 0 Å². The molecule has 4 saturated heterocycles. The summed E-state index contributed by atoms with van der Waals surface area (Å²) in [5.41, 5.74) is 0. The Morgan fingerprint density at radius 3 is 0.725 bits per heavy atom. The fraction of sp³-hybridized carbons (Fsp3) is 0.515. The number of carbonyl (C=O) groups excluding carboxylic acids is 4. The van der Waals surface area contributed by atoms with Crippen LogP contribution in [-0.4, -0.2) is 206 Å². The molecule has 0 aliphatic carbocycles. The molecule has 102 heavy (non-hydrogen) atoms. The minimum atomic E-state index is -0.442. The van der Waals surface area contributed by atoms with Gasteiger partial charge in [0.15, 0.2) is 43.8 Å². The average Bonchev–Trinajstić information content (AvgIpc) is 1.10. The summed E-state index contributed by atoms with van der Waals surface area (Å²) in [7, 11) is 0. The highest BCUT2D eigenvalue weighted by atomic mass is 32.1. The number of hydrogen-bond donors (Lipinski definition) is 4. The van der Waals surface area contributed by atoms with Gasteiger partial charge >= 0.3 is 0 Å². The first kappa shape index (κ1) is 79.8. The molecular formula is C66H86F4N20O8S4. The molecule has 4 N–H and O–H groups in total. The average molecular weight is 1490 g/mol. The minimum absolute atomic E-state index is 0.0280. The third-order valence-corrected chi connectivity index (χ3v) is 19.6. The van der Waals surface area contributed by atoms with Crippen molar-refractivity contribution in [3.05, 3.63) is 140 Å². The van der Waals surface area contributed by atoms with Gasteiger partial charge in [-0.15, -0.1) is 45.3 Å². The number of morpholine rings is 4. The SMILES string of the molecule is CC.CC(=O)Nc1ncc(CN2CCO[C@@H]([C@@H](C)c3ncc(F)cn3)C2)s1.CC(=O)Nc1ncc(CN2CCO[C@@H]([C@H](C)c3ncc(F)cn3)C2)s1.CC(=O)Nc1ncc(CN2CCO[C@H]([C@@H](C)c3ncc(F)cn3)C2)s1.CC(=O)Nc1ncc(CN2CCO[C@H]([C@H](C)c3ncc(F)cn3)C2)s1. The molecule has 0 saturated carbocycles.